The summed E-state index contributed by atoms with van der Waals surface area (Å²) >= 11 is 0. The topological polar surface area (TPSA) is 84.2 Å². The fourth-order valence-corrected chi connectivity index (χ4v) is 3.54. The molecule has 0 bridgehead atoms. The van der Waals surface area contributed by atoms with Gasteiger partial charge in [0.25, 0.3) is 5.56 Å². The number of amides is 1. The zero-order valence-electron chi connectivity index (χ0n) is 16.1. The number of hydrogen-bond acceptors (Lipinski definition) is 6. The maximum atomic E-state index is 12.8. The van der Waals surface area contributed by atoms with E-state index in [9.17, 15) is 9.59 Å². The van der Waals surface area contributed by atoms with Crippen LogP contribution in [0.25, 0.3) is 11.4 Å². The highest BCUT2D eigenvalue weighted by Crippen LogP contribution is 2.24. The first-order chi connectivity index (χ1) is 13.0. The second-order valence-corrected chi connectivity index (χ2v) is 6.73. The normalized spacial score (nSPS) is 17.0. The van der Waals surface area contributed by atoms with E-state index >= 15 is 0 Å². The molecule has 8 nitrogen and oxygen atoms in total. The molecular weight excluding hydrogens is 344 g/mol. The summed E-state index contributed by atoms with van der Waals surface area (Å²) in [6.07, 6.45) is 4.82. The third kappa shape index (κ3) is 3.99. The van der Waals surface area contributed by atoms with Crippen molar-refractivity contribution in [1.82, 2.24) is 24.4 Å². The molecule has 1 amide bonds. The highest BCUT2D eigenvalue weighted by molar-refractivity contribution is 5.79. The van der Waals surface area contributed by atoms with Crippen molar-refractivity contribution in [3.8, 4) is 11.4 Å². The third-order valence-electron chi connectivity index (χ3n) is 5.08. The number of carbonyl (C=O) groups is 1. The van der Waals surface area contributed by atoms with Gasteiger partial charge in [-0.2, -0.15) is 0 Å². The lowest BCUT2D eigenvalue weighted by atomic mass is 9.96. The Labute approximate surface area is 158 Å². The number of aromatic nitrogens is 4. The van der Waals surface area contributed by atoms with E-state index in [4.69, 9.17) is 0 Å². The minimum Gasteiger partial charge on any atom is -0.343 e. The maximum absolute atomic E-state index is 12.8. The number of carbonyl (C=O) groups excluding carboxylic acids is 1. The fourth-order valence-electron chi connectivity index (χ4n) is 3.54. The molecule has 0 spiro atoms. The molecule has 1 aliphatic heterocycles. The lowest BCUT2D eigenvalue weighted by Gasteiger charge is -2.35. The van der Waals surface area contributed by atoms with Gasteiger partial charge in [0.2, 0.25) is 11.9 Å². The predicted molar refractivity (Wildman–Crippen MR) is 103 cm³/mol. The Bertz CT molecular complexity index is 847. The number of hydrogen-bond donors (Lipinski definition) is 0. The minimum absolute atomic E-state index is 0.0711. The first-order valence-corrected chi connectivity index (χ1v) is 9.43. The minimum atomic E-state index is -0.147. The van der Waals surface area contributed by atoms with Crippen LogP contribution in [0.4, 0.5) is 5.95 Å². The van der Waals surface area contributed by atoms with E-state index in [2.05, 4.69) is 15.0 Å². The highest BCUT2D eigenvalue weighted by Gasteiger charge is 2.30. The van der Waals surface area contributed by atoms with Crippen LogP contribution in [0.5, 0.6) is 0 Å². The van der Waals surface area contributed by atoms with Crippen LogP contribution in [0, 0.1) is 5.92 Å². The Kier molecular flexibility index (Phi) is 5.83. The predicted octanol–water partition coefficient (Wildman–Crippen LogP) is 1.32. The molecule has 3 rings (SSSR count). The zero-order valence-corrected chi connectivity index (χ0v) is 16.1. The molecule has 2 aromatic heterocycles. The molecule has 0 aliphatic carbocycles. The van der Waals surface area contributed by atoms with Crippen molar-refractivity contribution in [3.63, 3.8) is 0 Å². The molecule has 0 saturated carbocycles. The van der Waals surface area contributed by atoms with E-state index in [0.717, 1.165) is 19.4 Å². The molecule has 0 N–H and O–H groups in total. The lowest BCUT2D eigenvalue weighted by molar-refractivity contribution is -0.135. The van der Waals surface area contributed by atoms with Gasteiger partial charge < -0.3 is 9.80 Å². The number of anilines is 1. The Morgan fingerprint density at radius 3 is 2.74 bits per heavy atom. The monoisotopic (exact) mass is 370 g/mol. The summed E-state index contributed by atoms with van der Waals surface area (Å²) in [5.41, 5.74) is 0.982. The van der Waals surface area contributed by atoms with Crippen molar-refractivity contribution < 1.29 is 4.79 Å². The first-order valence-electron chi connectivity index (χ1n) is 9.43. The van der Waals surface area contributed by atoms with Crippen molar-refractivity contribution in [2.75, 3.05) is 31.1 Å². The molecule has 0 radical (unpaired) electrons. The van der Waals surface area contributed by atoms with Gasteiger partial charge in [0.05, 0.1) is 17.3 Å². The summed E-state index contributed by atoms with van der Waals surface area (Å²) in [5.74, 6) is 0.688. The molecule has 8 heteroatoms. The molecule has 144 valence electrons. The van der Waals surface area contributed by atoms with Gasteiger partial charge in [-0.3, -0.25) is 14.2 Å². The third-order valence-corrected chi connectivity index (χ3v) is 5.08. The van der Waals surface area contributed by atoms with E-state index in [1.54, 1.807) is 19.3 Å². The molecular formula is C19H26N6O2. The first kappa shape index (κ1) is 19.0. The molecule has 0 aromatic carbocycles. The smallest absolute Gasteiger partial charge is 0.255 e. The average Bonchev–Trinajstić information content (AvgIpc) is 2.71. The fraction of sp³-hybridized carbons (Fsp3) is 0.526. The van der Waals surface area contributed by atoms with Gasteiger partial charge in [0.1, 0.15) is 6.33 Å². The van der Waals surface area contributed by atoms with Gasteiger partial charge in [-0.25, -0.2) is 15.0 Å². The number of rotatable bonds is 5. The van der Waals surface area contributed by atoms with Gasteiger partial charge in [-0.15, -0.1) is 0 Å². The quantitative estimate of drug-likeness (QED) is 0.789. The van der Waals surface area contributed by atoms with Crippen LogP contribution in [0.15, 0.2) is 29.5 Å². The molecule has 3 heterocycles. The summed E-state index contributed by atoms with van der Waals surface area (Å²) in [7, 11) is 1.71. The second-order valence-electron chi connectivity index (χ2n) is 6.73. The van der Waals surface area contributed by atoms with Gasteiger partial charge >= 0.3 is 0 Å². The Morgan fingerprint density at radius 2 is 2.07 bits per heavy atom. The summed E-state index contributed by atoms with van der Waals surface area (Å²) in [4.78, 5) is 41.9. The molecule has 1 atom stereocenters. The van der Waals surface area contributed by atoms with Crippen LogP contribution in [0.3, 0.4) is 0 Å². The van der Waals surface area contributed by atoms with Gasteiger partial charge in [0.15, 0.2) is 0 Å². The van der Waals surface area contributed by atoms with Crippen molar-refractivity contribution in [2.45, 2.75) is 26.7 Å². The Hall–Kier alpha value is -2.77. The van der Waals surface area contributed by atoms with E-state index in [1.807, 2.05) is 23.6 Å². The van der Waals surface area contributed by atoms with Gasteiger partial charge in [0, 0.05) is 45.5 Å². The molecule has 2 aromatic rings. The average molecular weight is 370 g/mol. The standard InChI is InChI=1S/C19H26N6O2/c1-4-24(5-2)18(27)14-7-6-10-25(12-14)19-22-16(11-17(26)23(19)3)15-8-9-20-13-21-15/h8-9,11,13-14H,4-7,10,12H2,1-3H3. The van der Waals surface area contributed by atoms with Gasteiger partial charge in [-0.05, 0) is 32.8 Å². The summed E-state index contributed by atoms with van der Waals surface area (Å²) < 4.78 is 1.54. The molecule has 1 aliphatic rings. The van der Waals surface area contributed by atoms with Crippen LogP contribution in [0.2, 0.25) is 0 Å². The maximum Gasteiger partial charge on any atom is 0.255 e. The Morgan fingerprint density at radius 1 is 1.30 bits per heavy atom. The lowest BCUT2D eigenvalue weighted by Crippen LogP contribution is -2.46. The van der Waals surface area contributed by atoms with Crippen LogP contribution >= 0.6 is 0 Å². The van der Waals surface area contributed by atoms with E-state index in [0.29, 0.717) is 37.0 Å². The highest BCUT2D eigenvalue weighted by atomic mass is 16.2. The summed E-state index contributed by atoms with van der Waals surface area (Å²) in [5, 5.41) is 0. The van der Waals surface area contributed by atoms with Crippen LogP contribution in [-0.2, 0) is 11.8 Å². The van der Waals surface area contributed by atoms with Crippen LogP contribution in [0.1, 0.15) is 26.7 Å². The molecule has 1 unspecified atom stereocenters. The van der Waals surface area contributed by atoms with Crippen molar-refractivity contribution in [1.29, 1.82) is 0 Å². The second kappa shape index (κ2) is 8.28. The zero-order chi connectivity index (χ0) is 19.4. The number of piperidine rings is 1. The van der Waals surface area contributed by atoms with E-state index < -0.39 is 0 Å². The van der Waals surface area contributed by atoms with E-state index in [1.165, 1.54) is 17.0 Å². The van der Waals surface area contributed by atoms with E-state index in [-0.39, 0.29) is 17.4 Å². The number of nitrogens with zero attached hydrogens (tertiary/aromatic N) is 6. The Balaban J connectivity index is 1.90. The molecule has 1 saturated heterocycles. The van der Waals surface area contributed by atoms with Crippen LogP contribution < -0.4 is 10.5 Å². The molecule has 27 heavy (non-hydrogen) atoms. The van der Waals surface area contributed by atoms with Crippen LogP contribution in [-0.4, -0.2) is 56.5 Å². The summed E-state index contributed by atoms with van der Waals surface area (Å²) in [6.45, 7) is 6.77. The van der Waals surface area contributed by atoms with Crippen molar-refractivity contribution in [2.24, 2.45) is 13.0 Å². The van der Waals surface area contributed by atoms with Crippen molar-refractivity contribution >= 4 is 11.9 Å². The summed E-state index contributed by atoms with van der Waals surface area (Å²) in [6, 6.07) is 3.21. The molecule has 1 fully saturated rings. The van der Waals surface area contributed by atoms with Crippen molar-refractivity contribution in [3.05, 3.63) is 35.0 Å². The SMILES string of the molecule is CCN(CC)C(=O)C1CCCN(c2nc(-c3ccncn3)cc(=O)n2C)C1. The van der Waals surface area contributed by atoms with Gasteiger partial charge in [-0.1, -0.05) is 0 Å². The largest absolute Gasteiger partial charge is 0.343 e.